The lowest BCUT2D eigenvalue weighted by molar-refractivity contribution is -0.117. The molecule has 13 heteroatoms. The summed E-state index contributed by atoms with van der Waals surface area (Å²) in [5.41, 5.74) is 2.72. The number of rotatable bonds is 9. The van der Waals surface area contributed by atoms with Crippen molar-refractivity contribution in [2.45, 2.75) is 12.5 Å². The Morgan fingerprint density at radius 3 is 2.69 bits per heavy atom. The molecule has 0 aliphatic carbocycles. The molecule has 2 aromatic heterocycles. The van der Waals surface area contributed by atoms with Gasteiger partial charge in [0.2, 0.25) is 5.91 Å². The Morgan fingerprint density at radius 1 is 1.21 bits per heavy atom. The third-order valence-electron chi connectivity index (χ3n) is 5.53. The highest BCUT2D eigenvalue weighted by atomic mass is 35.5. The van der Waals surface area contributed by atoms with Gasteiger partial charge in [-0.25, -0.2) is 9.89 Å². The van der Waals surface area contributed by atoms with Crippen LogP contribution in [0.25, 0.3) is 22.9 Å². The molecule has 0 saturated heterocycles. The van der Waals surface area contributed by atoms with Crippen LogP contribution >= 0.6 is 11.6 Å². The second-order valence-electron chi connectivity index (χ2n) is 8.11. The highest BCUT2D eigenvalue weighted by Gasteiger charge is 2.17. The van der Waals surface area contributed by atoms with Gasteiger partial charge in [-0.3, -0.25) is 14.9 Å². The number of nitrogens with zero attached hydrogens (tertiary/aromatic N) is 5. The Kier molecular flexibility index (Phi) is 8.59. The number of aromatic amines is 1. The summed E-state index contributed by atoms with van der Waals surface area (Å²) in [6.07, 6.45) is 5.77. The lowest BCUT2D eigenvalue weighted by Crippen LogP contribution is -2.28. The fourth-order valence-corrected chi connectivity index (χ4v) is 3.84. The van der Waals surface area contributed by atoms with Crippen molar-refractivity contribution in [3.8, 4) is 16.8 Å². The van der Waals surface area contributed by atoms with Gasteiger partial charge in [0, 0.05) is 22.3 Å². The van der Waals surface area contributed by atoms with E-state index in [0.717, 1.165) is 0 Å². The Labute approximate surface area is 227 Å². The van der Waals surface area contributed by atoms with Crippen LogP contribution in [0.1, 0.15) is 23.7 Å². The standard InChI is InChI=1S/C26H23ClN8O4/c1-3-4-21(30-24(36)12-7-17-13-18(27)8-11-23(17)35-15-28-33-34-35)22-14-20(25(37)32-31-22)16-5-9-19(10-6-16)29-26(38)39-2/h3,5-15,21H,1,4H2,2H3,(H,29,38)(H,30,36)(H,32,37). The predicted octanol–water partition coefficient (Wildman–Crippen LogP) is 3.69. The lowest BCUT2D eigenvalue weighted by Gasteiger charge is -2.16. The molecule has 4 rings (SSSR count). The van der Waals surface area contributed by atoms with Crippen molar-refractivity contribution in [2.75, 3.05) is 12.4 Å². The van der Waals surface area contributed by atoms with E-state index >= 15 is 0 Å². The first-order valence-electron chi connectivity index (χ1n) is 11.6. The summed E-state index contributed by atoms with van der Waals surface area (Å²) in [5, 5.41) is 23.7. The molecule has 12 nitrogen and oxygen atoms in total. The topological polar surface area (TPSA) is 157 Å². The van der Waals surface area contributed by atoms with E-state index in [1.54, 1.807) is 60.7 Å². The van der Waals surface area contributed by atoms with Crippen molar-refractivity contribution < 1.29 is 14.3 Å². The molecular weight excluding hydrogens is 524 g/mol. The first kappa shape index (κ1) is 26.9. The van der Waals surface area contributed by atoms with Gasteiger partial charge in [0.25, 0.3) is 5.56 Å². The number of amides is 2. The zero-order valence-corrected chi connectivity index (χ0v) is 21.4. The number of nitrogens with one attached hydrogen (secondary N) is 3. The first-order chi connectivity index (χ1) is 18.9. The molecule has 4 aromatic rings. The van der Waals surface area contributed by atoms with Crippen LogP contribution in [0, 0.1) is 0 Å². The summed E-state index contributed by atoms with van der Waals surface area (Å²) < 4.78 is 6.04. The first-order valence-corrected chi connectivity index (χ1v) is 11.9. The number of hydrogen-bond donors (Lipinski definition) is 3. The van der Waals surface area contributed by atoms with Crippen LogP contribution < -0.4 is 16.2 Å². The number of H-pyrrole nitrogens is 1. The van der Waals surface area contributed by atoms with E-state index in [-0.39, 0.29) is 0 Å². The molecule has 1 unspecified atom stereocenters. The summed E-state index contributed by atoms with van der Waals surface area (Å²) in [5.74, 6) is -0.405. The Balaban J connectivity index is 1.55. The highest BCUT2D eigenvalue weighted by Crippen LogP contribution is 2.23. The van der Waals surface area contributed by atoms with Gasteiger partial charge in [0.05, 0.1) is 30.1 Å². The number of halogens is 1. The van der Waals surface area contributed by atoms with E-state index in [9.17, 15) is 14.4 Å². The molecule has 2 aromatic carbocycles. The van der Waals surface area contributed by atoms with E-state index in [1.807, 2.05) is 0 Å². The second-order valence-corrected chi connectivity index (χ2v) is 8.54. The number of carbonyl (C=O) groups excluding carboxylic acids is 2. The van der Waals surface area contributed by atoms with Gasteiger partial charge in [0.1, 0.15) is 6.33 Å². The SMILES string of the molecule is C=CCC(NC(=O)C=Cc1cc(Cl)ccc1-n1cnnn1)c1cc(-c2ccc(NC(=O)OC)cc2)c(=O)[nH]n1. The zero-order chi connectivity index (χ0) is 27.8. The molecule has 39 heavy (non-hydrogen) atoms. The molecule has 0 bridgehead atoms. The largest absolute Gasteiger partial charge is 0.453 e. The van der Waals surface area contributed by atoms with Gasteiger partial charge < -0.3 is 10.1 Å². The molecule has 0 radical (unpaired) electrons. The quantitative estimate of drug-likeness (QED) is 0.212. The minimum atomic E-state index is -0.606. The highest BCUT2D eigenvalue weighted by molar-refractivity contribution is 6.30. The van der Waals surface area contributed by atoms with Gasteiger partial charge in [-0.2, -0.15) is 9.78 Å². The zero-order valence-electron chi connectivity index (χ0n) is 20.7. The van der Waals surface area contributed by atoms with Gasteiger partial charge in [-0.15, -0.1) is 11.7 Å². The van der Waals surface area contributed by atoms with Crippen molar-refractivity contribution in [1.29, 1.82) is 0 Å². The number of aromatic nitrogens is 6. The average molecular weight is 547 g/mol. The number of methoxy groups -OCH3 is 1. The molecule has 0 aliphatic heterocycles. The molecule has 2 amide bonds. The maximum absolute atomic E-state index is 12.9. The summed E-state index contributed by atoms with van der Waals surface area (Å²) in [6, 6.07) is 12.8. The van der Waals surface area contributed by atoms with Crippen LogP contribution in [-0.4, -0.2) is 49.5 Å². The maximum Gasteiger partial charge on any atom is 0.411 e. The van der Waals surface area contributed by atoms with E-state index in [4.69, 9.17) is 11.6 Å². The lowest BCUT2D eigenvalue weighted by atomic mass is 10.0. The second kappa shape index (κ2) is 12.4. The van der Waals surface area contributed by atoms with Gasteiger partial charge >= 0.3 is 6.09 Å². The van der Waals surface area contributed by atoms with E-state index in [1.165, 1.54) is 24.2 Å². The van der Waals surface area contributed by atoms with Crippen molar-refractivity contribution in [1.82, 2.24) is 35.7 Å². The summed E-state index contributed by atoms with van der Waals surface area (Å²) >= 11 is 6.15. The molecule has 198 valence electrons. The van der Waals surface area contributed by atoms with Crippen molar-refractivity contribution in [2.24, 2.45) is 0 Å². The van der Waals surface area contributed by atoms with Crippen LogP contribution in [0.5, 0.6) is 0 Å². The normalized spacial score (nSPS) is 11.6. The Morgan fingerprint density at radius 2 is 2.00 bits per heavy atom. The van der Waals surface area contributed by atoms with Gasteiger partial charge in [-0.1, -0.05) is 29.8 Å². The van der Waals surface area contributed by atoms with E-state index in [0.29, 0.717) is 45.2 Å². The fourth-order valence-electron chi connectivity index (χ4n) is 3.66. The number of anilines is 1. The number of hydrogen-bond acceptors (Lipinski definition) is 8. The molecule has 0 spiro atoms. The minimum Gasteiger partial charge on any atom is -0.453 e. The van der Waals surface area contributed by atoms with Crippen molar-refractivity contribution in [3.63, 3.8) is 0 Å². The number of carbonyl (C=O) groups is 2. The van der Waals surface area contributed by atoms with Crippen LogP contribution in [-0.2, 0) is 9.53 Å². The molecule has 3 N–H and O–H groups in total. The summed E-state index contributed by atoms with van der Waals surface area (Å²) in [4.78, 5) is 36.8. The monoisotopic (exact) mass is 546 g/mol. The number of ether oxygens (including phenoxy) is 1. The number of tetrazole rings is 1. The maximum atomic E-state index is 12.9. The average Bonchev–Trinajstić information content (AvgIpc) is 3.47. The molecule has 0 fully saturated rings. The van der Waals surface area contributed by atoms with Crippen LogP contribution in [0.3, 0.4) is 0 Å². The third kappa shape index (κ3) is 6.81. The minimum absolute atomic E-state index is 0.341. The predicted molar refractivity (Wildman–Crippen MR) is 145 cm³/mol. The van der Waals surface area contributed by atoms with Crippen LogP contribution in [0.4, 0.5) is 10.5 Å². The van der Waals surface area contributed by atoms with E-state index < -0.39 is 23.6 Å². The summed E-state index contributed by atoms with van der Waals surface area (Å²) in [7, 11) is 1.27. The molecule has 1 atom stereocenters. The van der Waals surface area contributed by atoms with Gasteiger partial charge in [-0.05, 0) is 64.9 Å². The molecular formula is C26H23ClN8O4. The van der Waals surface area contributed by atoms with Crippen LogP contribution in [0.15, 0.2) is 78.4 Å². The third-order valence-corrected chi connectivity index (χ3v) is 5.76. The van der Waals surface area contributed by atoms with E-state index in [2.05, 4.69) is 47.7 Å². The fraction of sp³-hybridized carbons (Fsp3) is 0.115. The van der Waals surface area contributed by atoms with Crippen molar-refractivity contribution in [3.05, 3.63) is 100 Å². The molecule has 0 aliphatic rings. The van der Waals surface area contributed by atoms with Gasteiger partial charge in [0.15, 0.2) is 0 Å². The molecule has 0 saturated carbocycles. The smallest absolute Gasteiger partial charge is 0.411 e. The molecule has 2 heterocycles. The Bertz CT molecular complexity index is 1570. The van der Waals surface area contributed by atoms with Crippen molar-refractivity contribution >= 4 is 35.4 Å². The van der Waals surface area contributed by atoms with Crippen LogP contribution in [0.2, 0.25) is 5.02 Å². The number of benzene rings is 2. The summed E-state index contributed by atoms with van der Waals surface area (Å²) in [6.45, 7) is 3.77. The Hall–Kier alpha value is -5.10.